The molecule has 3 rings (SSSR count). The molecule has 2 aliphatic rings. The number of anilines is 1. The molecule has 0 bridgehead atoms. The van der Waals surface area contributed by atoms with Crippen LogP contribution in [0.25, 0.3) is 0 Å². The van der Waals surface area contributed by atoms with Gasteiger partial charge in [-0.1, -0.05) is 29.6 Å². The maximum atomic E-state index is 6.42. The van der Waals surface area contributed by atoms with Crippen LogP contribution >= 0.6 is 39.1 Å². The number of rotatable bonds is 1. The highest BCUT2D eigenvalue weighted by Crippen LogP contribution is 2.43. The van der Waals surface area contributed by atoms with Gasteiger partial charge >= 0.3 is 0 Å². The Morgan fingerprint density at radius 2 is 1.77 bits per heavy atom. The predicted molar refractivity (Wildman–Crippen MR) is 95.7 cm³/mol. The standard InChI is InChI=1S/C14H16BrCl2N5/c15-8-6-10(17)11(7-9(8)16)22-13(19)20-12(18)21-14(22)4-2-1-3-5-14/h6-7H,1-5H2,(H4,18,19,20,21). The van der Waals surface area contributed by atoms with Gasteiger partial charge in [-0.2, -0.15) is 4.99 Å². The summed E-state index contributed by atoms with van der Waals surface area (Å²) >= 11 is 16.0. The third kappa shape index (κ3) is 2.68. The lowest BCUT2D eigenvalue weighted by atomic mass is 9.87. The van der Waals surface area contributed by atoms with Gasteiger partial charge < -0.3 is 11.5 Å². The number of hydrogen-bond donors (Lipinski definition) is 2. The van der Waals surface area contributed by atoms with Gasteiger partial charge in [0.1, 0.15) is 5.66 Å². The highest BCUT2D eigenvalue weighted by Gasteiger charge is 2.43. The molecule has 0 unspecified atom stereocenters. The van der Waals surface area contributed by atoms with Crippen LogP contribution in [-0.4, -0.2) is 17.6 Å². The van der Waals surface area contributed by atoms with Crippen molar-refractivity contribution in [2.24, 2.45) is 21.5 Å². The van der Waals surface area contributed by atoms with Gasteiger partial charge in [-0.05, 0) is 53.7 Å². The molecular formula is C14H16BrCl2N5. The zero-order valence-electron chi connectivity index (χ0n) is 11.8. The maximum absolute atomic E-state index is 6.42. The lowest BCUT2D eigenvalue weighted by molar-refractivity contribution is 0.305. The van der Waals surface area contributed by atoms with Gasteiger partial charge in [-0.3, -0.25) is 4.90 Å². The molecule has 1 spiro atoms. The van der Waals surface area contributed by atoms with Crippen molar-refractivity contribution in [1.29, 1.82) is 0 Å². The minimum Gasteiger partial charge on any atom is -0.369 e. The van der Waals surface area contributed by atoms with E-state index in [1.54, 1.807) is 12.1 Å². The fourth-order valence-corrected chi connectivity index (χ4v) is 4.03. The summed E-state index contributed by atoms with van der Waals surface area (Å²) in [7, 11) is 0. The average Bonchev–Trinajstić information content (AvgIpc) is 2.44. The second kappa shape index (κ2) is 5.91. The van der Waals surface area contributed by atoms with E-state index < -0.39 is 5.66 Å². The van der Waals surface area contributed by atoms with Crippen LogP contribution in [0.5, 0.6) is 0 Å². The van der Waals surface area contributed by atoms with Crippen molar-refractivity contribution in [3.8, 4) is 0 Å². The van der Waals surface area contributed by atoms with Crippen LogP contribution in [0.4, 0.5) is 5.69 Å². The fourth-order valence-electron chi connectivity index (χ4n) is 3.15. The Morgan fingerprint density at radius 1 is 1.09 bits per heavy atom. The third-order valence-corrected chi connectivity index (χ3v) is 5.58. The van der Waals surface area contributed by atoms with Crippen LogP contribution in [0.3, 0.4) is 0 Å². The zero-order chi connectivity index (χ0) is 15.9. The molecule has 1 aromatic carbocycles. The molecule has 1 fully saturated rings. The molecular weight excluding hydrogens is 389 g/mol. The van der Waals surface area contributed by atoms with Gasteiger partial charge in [0.25, 0.3) is 0 Å². The number of guanidine groups is 2. The Bertz CT molecular complexity index is 667. The summed E-state index contributed by atoms with van der Waals surface area (Å²) in [5, 5.41) is 1.09. The van der Waals surface area contributed by atoms with E-state index in [9.17, 15) is 0 Å². The van der Waals surface area contributed by atoms with Crippen molar-refractivity contribution < 1.29 is 0 Å². The molecule has 0 atom stereocenters. The minimum atomic E-state index is -0.519. The number of halogens is 3. The molecule has 0 amide bonds. The summed E-state index contributed by atoms with van der Waals surface area (Å²) in [4.78, 5) is 10.6. The Morgan fingerprint density at radius 3 is 2.45 bits per heavy atom. The fraction of sp³-hybridized carbons (Fsp3) is 0.429. The Kier molecular flexibility index (Phi) is 4.27. The molecule has 8 heteroatoms. The molecule has 1 aliphatic carbocycles. The van der Waals surface area contributed by atoms with Crippen LogP contribution in [-0.2, 0) is 0 Å². The molecule has 1 aromatic rings. The number of hydrogen-bond acceptors (Lipinski definition) is 5. The average molecular weight is 405 g/mol. The van der Waals surface area contributed by atoms with Gasteiger partial charge in [-0.15, -0.1) is 0 Å². The SMILES string of the molecule is NC1=NC2(CCCCC2)N(c2cc(Cl)c(Br)cc2Cl)C(N)=N1. The summed E-state index contributed by atoms with van der Waals surface area (Å²) < 4.78 is 0.733. The van der Waals surface area contributed by atoms with Crippen LogP contribution in [0.1, 0.15) is 32.1 Å². The number of aliphatic imine (C=N–C) groups is 2. The quantitative estimate of drug-likeness (QED) is 0.697. The van der Waals surface area contributed by atoms with Gasteiger partial charge in [0.15, 0.2) is 0 Å². The van der Waals surface area contributed by atoms with E-state index in [-0.39, 0.29) is 5.96 Å². The molecule has 0 aromatic heterocycles. The van der Waals surface area contributed by atoms with Crippen molar-refractivity contribution in [1.82, 2.24) is 0 Å². The molecule has 1 heterocycles. The zero-order valence-corrected chi connectivity index (χ0v) is 14.9. The molecule has 0 saturated heterocycles. The lowest BCUT2D eigenvalue weighted by Crippen LogP contribution is -2.58. The Balaban J connectivity index is 2.14. The maximum Gasteiger partial charge on any atom is 0.220 e. The predicted octanol–water partition coefficient (Wildman–Crippen LogP) is 3.87. The largest absolute Gasteiger partial charge is 0.369 e. The van der Waals surface area contributed by atoms with E-state index in [4.69, 9.17) is 34.7 Å². The van der Waals surface area contributed by atoms with E-state index in [0.29, 0.717) is 21.7 Å². The molecule has 5 nitrogen and oxygen atoms in total. The van der Waals surface area contributed by atoms with Gasteiger partial charge in [0.2, 0.25) is 11.9 Å². The molecule has 0 radical (unpaired) electrons. The molecule has 118 valence electrons. The van der Waals surface area contributed by atoms with Gasteiger partial charge in [-0.25, -0.2) is 4.99 Å². The van der Waals surface area contributed by atoms with E-state index in [1.165, 1.54) is 6.42 Å². The summed E-state index contributed by atoms with van der Waals surface area (Å²) in [6, 6.07) is 3.54. The second-order valence-electron chi connectivity index (χ2n) is 5.54. The topological polar surface area (TPSA) is 80.0 Å². The first-order chi connectivity index (χ1) is 10.4. The summed E-state index contributed by atoms with van der Waals surface area (Å²) in [5.41, 5.74) is 12.2. The lowest BCUT2D eigenvalue weighted by Gasteiger charge is -2.45. The summed E-state index contributed by atoms with van der Waals surface area (Å²) in [5.74, 6) is 0.518. The van der Waals surface area contributed by atoms with E-state index in [0.717, 1.165) is 30.2 Å². The van der Waals surface area contributed by atoms with Crippen molar-refractivity contribution in [3.63, 3.8) is 0 Å². The molecule has 1 saturated carbocycles. The Labute approximate surface area is 147 Å². The second-order valence-corrected chi connectivity index (χ2v) is 7.20. The Hall–Kier alpha value is -0.980. The van der Waals surface area contributed by atoms with E-state index >= 15 is 0 Å². The van der Waals surface area contributed by atoms with E-state index in [2.05, 4.69) is 25.9 Å². The normalized spacial score (nSPS) is 20.8. The minimum absolute atomic E-state index is 0.218. The number of nitrogens with two attached hydrogens (primary N) is 2. The highest BCUT2D eigenvalue weighted by atomic mass is 79.9. The number of benzene rings is 1. The van der Waals surface area contributed by atoms with E-state index in [1.807, 2.05) is 4.90 Å². The van der Waals surface area contributed by atoms with Crippen molar-refractivity contribution in [2.75, 3.05) is 4.90 Å². The van der Waals surface area contributed by atoms with Crippen molar-refractivity contribution >= 4 is 56.7 Å². The first-order valence-electron chi connectivity index (χ1n) is 7.07. The summed E-state index contributed by atoms with van der Waals surface area (Å²) in [6.07, 6.45) is 5.00. The first kappa shape index (κ1) is 15.9. The monoisotopic (exact) mass is 403 g/mol. The first-order valence-corrected chi connectivity index (χ1v) is 8.62. The third-order valence-electron chi connectivity index (χ3n) is 4.08. The molecule has 4 N–H and O–H groups in total. The highest BCUT2D eigenvalue weighted by molar-refractivity contribution is 9.10. The van der Waals surface area contributed by atoms with Crippen LogP contribution in [0.2, 0.25) is 10.0 Å². The van der Waals surface area contributed by atoms with Crippen molar-refractivity contribution in [3.05, 3.63) is 26.7 Å². The van der Waals surface area contributed by atoms with Crippen LogP contribution < -0.4 is 16.4 Å². The van der Waals surface area contributed by atoms with Gasteiger partial charge in [0.05, 0.1) is 15.7 Å². The number of nitrogens with zero attached hydrogens (tertiary/aromatic N) is 3. The van der Waals surface area contributed by atoms with Crippen molar-refractivity contribution in [2.45, 2.75) is 37.8 Å². The molecule has 22 heavy (non-hydrogen) atoms. The van der Waals surface area contributed by atoms with Crippen LogP contribution in [0.15, 0.2) is 26.6 Å². The smallest absolute Gasteiger partial charge is 0.220 e. The van der Waals surface area contributed by atoms with Gasteiger partial charge in [0, 0.05) is 4.47 Å². The summed E-state index contributed by atoms with van der Waals surface area (Å²) in [6.45, 7) is 0. The van der Waals surface area contributed by atoms with Crippen LogP contribution in [0, 0.1) is 0 Å². The molecule has 1 aliphatic heterocycles.